The Labute approximate surface area is 106 Å². The Morgan fingerprint density at radius 1 is 1.41 bits per heavy atom. The van der Waals surface area contributed by atoms with Gasteiger partial charge in [-0.05, 0) is 32.2 Å². The summed E-state index contributed by atoms with van der Waals surface area (Å²) in [5, 5.41) is 5.53. The first-order chi connectivity index (χ1) is 8.15. The van der Waals surface area contributed by atoms with E-state index in [0.717, 1.165) is 23.6 Å². The number of nitrogens with one attached hydrogen (secondary N) is 1. The summed E-state index contributed by atoms with van der Waals surface area (Å²) in [6.07, 6.45) is 2.82. The molecule has 3 nitrogen and oxygen atoms in total. The molecule has 1 atom stereocenters. The predicted octanol–water partition coefficient (Wildman–Crippen LogP) is 3.20. The van der Waals surface area contributed by atoms with Gasteiger partial charge in [0.25, 0.3) is 0 Å². The lowest BCUT2D eigenvalue weighted by molar-refractivity contribution is 0.788. The molecule has 2 aromatic rings. The van der Waals surface area contributed by atoms with Gasteiger partial charge in [0.1, 0.15) is 5.82 Å². The zero-order valence-electron chi connectivity index (χ0n) is 10.4. The molecule has 1 unspecified atom stereocenters. The Morgan fingerprint density at radius 3 is 2.94 bits per heavy atom. The zero-order valence-corrected chi connectivity index (χ0v) is 11.2. The van der Waals surface area contributed by atoms with Crippen LogP contribution in [-0.4, -0.2) is 16.0 Å². The van der Waals surface area contributed by atoms with Gasteiger partial charge in [-0.3, -0.25) is 4.98 Å². The molecule has 0 saturated heterocycles. The van der Waals surface area contributed by atoms with Crippen molar-refractivity contribution >= 4 is 17.2 Å². The smallest absolute Gasteiger partial charge is 0.147 e. The molecule has 0 fully saturated rings. The van der Waals surface area contributed by atoms with Crippen LogP contribution in [0.3, 0.4) is 0 Å². The maximum absolute atomic E-state index is 4.47. The van der Waals surface area contributed by atoms with Crippen molar-refractivity contribution in [2.45, 2.75) is 33.2 Å². The Balaban J connectivity index is 2.02. The van der Waals surface area contributed by atoms with E-state index in [0.29, 0.717) is 6.04 Å². The van der Waals surface area contributed by atoms with E-state index in [1.807, 2.05) is 13.8 Å². The van der Waals surface area contributed by atoms with Crippen LogP contribution >= 0.6 is 11.3 Å². The van der Waals surface area contributed by atoms with E-state index in [4.69, 9.17) is 0 Å². The molecular formula is C13H17N3S. The highest BCUT2D eigenvalue weighted by molar-refractivity contribution is 7.09. The van der Waals surface area contributed by atoms with Crippen molar-refractivity contribution in [1.82, 2.24) is 9.97 Å². The molecule has 2 heterocycles. The first-order valence-electron chi connectivity index (χ1n) is 5.74. The van der Waals surface area contributed by atoms with Crippen molar-refractivity contribution in [2.24, 2.45) is 0 Å². The number of anilines is 1. The first-order valence-corrected chi connectivity index (χ1v) is 6.62. The Kier molecular flexibility index (Phi) is 3.74. The van der Waals surface area contributed by atoms with Crippen LogP contribution in [0.25, 0.3) is 0 Å². The molecule has 90 valence electrons. The summed E-state index contributed by atoms with van der Waals surface area (Å²) < 4.78 is 0. The Morgan fingerprint density at radius 2 is 2.24 bits per heavy atom. The second-order valence-corrected chi connectivity index (χ2v) is 5.31. The molecule has 4 heteroatoms. The predicted molar refractivity (Wildman–Crippen MR) is 72.6 cm³/mol. The first kappa shape index (κ1) is 12.0. The average Bonchev–Trinajstić information content (AvgIpc) is 2.76. The largest absolute Gasteiger partial charge is 0.366 e. The molecular weight excluding hydrogens is 230 g/mol. The highest BCUT2D eigenvalue weighted by Gasteiger charge is 2.08. The fourth-order valence-corrected chi connectivity index (χ4v) is 2.52. The van der Waals surface area contributed by atoms with Crippen LogP contribution in [0.2, 0.25) is 0 Å². The van der Waals surface area contributed by atoms with E-state index in [-0.39, 0.29) is 0 Å². The van der Waals surface area contributed by atoms with Crippen LogP contribution in [0.15, 0.2) is 23.7 Å². The van der Waals surface area contributed by atoms with Gasteiger partial charge in [0.15, 0.2) is 0 Å². The quantitative estimate of drug-likeness (QED) is 0.901. The number of aromatic nitrogens is 2. The van der Waals surface area contributed by atoms with Crippen molar-refractivity contribution in [3.63, 3.8) is 0 Å². The lowest BCUT2D eigenvalue weighted by atomic mass is 10.2. The minimum absolute atomic E-state index is 0.364. The molecule has 2 rings (SSSR count). The molecule has 2 aromatic heterocycles. The highest BCUT2D eigenvalue weighted by Crippen LogP contribution is 2.15. The van der Waals surface area contributed by atoms with E-state index in [9.17, 15) is 0 Å². The van der Waals surface area contributed by atoms with Crippen molar-refractivity contribution in [2.75, 3.05) is 5.32 Å². The number of rotatable bonds is 4. The lowest BCUT2D eigenvalue weighted by Gasteiger charge is -2.15. The topological polar surface area (TPSA) is 37.8 Å². The van der Waals surface area contributed by atoms with Gasteiger partial charge in [-0.25, -0.2) is 4.98 Å². The van der Waals surface area contributed by atoms with E-state index in [1.54, 1.807) is 17.5 Å². The molecule has 0 radical (unpaired) electrons. The average molecular weight is 247 g/mol. The fourth-order valence-electron chi connectivity index (χ4n) is 1.69. The molecule has 0 aliphatic carbocycles. The third kappa shape index (κ3) is 3.27. The molecule has 0 aromatic carbocycles. The van der Waals surface area contributed by atoms with Gasteiger partial charge >= 0.3 is 0 Å². The minimum atomic E-state index is 0.364. The summed E-state index contributed by atoms with van der Waals surface area (Å²) in [6.45, 7) is 6.11. The van der Waals surface area contributed by atoms with Crippen molar-refractivity contribution in [3.05, 3.63) is 40.0 Å². The number of nitrogens with zero attached hydrogens (tertiary/aromatic N) is 2. The number of hydrogen-bond acceptors (Lipinski definition) is 4. The van der Waals surface area contributed by atoms with E-state index in [1.165, 1.54) is 4.88 Å². The van der Waals surface area contributed by atoms with E-state index < -0.39 is 0 Å². The normalized spacial score (nSPS) is 12.4. The molecule has 17 heavy (non-hydrogen) atoms. The van der Waals surface area contributed by atoms with Crippen LogP contribution in [0, 0.1) is 13.8 Å². The Bertz CT molecular complexity index is 479. The van der Waals surface area contributed by atoms with Crippen molar-refractivity contribution in [1.29, 1.82) is 0 Å². The summed E-state index contributed by atoms with van der Waals surface area (Å²) in [5.74, 6) is 0.897. The van der Waals surface area contributed by atoms with Crippen LogP contribution in [-0.2, 0) is 6.42 Å². The zero-order chi connectivity index (χ0) is 12.3. The molecule has 0 bridgehead atoms. The van der Waals surface area contributed by atoms with E-state index >= 15 is 0 Å². The second-order valence-electron chi connectivity index (χ2n) is 4.27. The van der Waals surface area contributed by atoms with Gasteiger partial charge < -0.3 is 5.32 Å². The highest BCUT2D eigenvalue weighted by atomic mass is 32.1. The van der Waals surface area contributed by atoms with Gasteiger partial charge in [0.05, 0.1) is 11.4 Å². The Hall–Kier alpha value is -1.42. The maximum Gasteiger partial charge on any atom is 0.147 e. The summed E-state index contributed by atoms with van der Waals surface area (Å²) in [7, 11) is 0. The lowest BCUT2D eigenvalue weighted by Crippen LogP contribution is -2.19. The monoisotopic (exact) mass is 247 g/mol. The van der Waals surface area contributed by atoms with Crippen molar-refractivity contribution < 1.29 is 0 Å². The SMILES string of the molecule is Cc1cnc(C)c(NC(C)Cc2cccs2)n1. The molecule has 0 aliphatic heterocycles. The van der Waals surface area contributed by atoms with Crippen LogP contribution < -0.4 is 5.32 Å². The fraction of sp³-hybridized carbons (Fsp3) is 0.385. The summed E-state index contributed by atoms with van der Waals surface area (Å²) in [4.78, 5) is 10.2. The van der Waals surface area contributed by atoms with Crippen LogP contribution in [0.4, 0.5) is 5.82 Å². The summed E-state index contributed by atoms with van der Waals surface area (Å²) in [6, 6.07) is 4.62. The standard InChI is InChI=1S/C13H17N3S/c1-9(7-12-5-4-6-17-12)15-13-11(3)14-8-10(2)16-13/h4-6,8-9H,7H2,1-3H3,(H,15,16). The van der Waals surface area contributed by atoms with E-state index in [2.05, 4.69) is 39.7 Å². The van der Waals surface area contributed by atoms with Gasteiger partial charge in [0, 0.05) is 23.5 Å². The summed E-state index contributed by atoms with van der Waals surface area (Å²) in [5.41, 5.74) is 1.90. The van der Waals surface area contributed by atoms with Crippen LogP contribution in [0.5, 0.6) is 0 Å². The molecule has 0 saturated carbocycles. The van der Waals surface area contributed by atoms with Crippen molar-refractivity contribution in [3.8, 4) is 0 Å². The second kappa shape index (κ2) is 5.27. The molecule has 1 N–H and O–H groups in total. The third-order valence-corrected chi connectivity index (χ3v) is 3.45. The number of aryl methyl sites for hydroxylation is 2. The number of thiophene rings is 1. The van der Waals surface area contributed by atoms with Gasteiger partial charge in [0.2, 0.25) is 0 Å². The third-order valence-electron chi connectivity index (χ3n) is 2.55. The minimum Gasteiger partial charge on any atom is -0.366 e. The van der Waals surface area contributed by atoms with Gasteiger partial charge in [-0.1, -0.05) is 6.07 Å². The summed E-state index contributed by atoms with van der Waals surface area (Å²) >= 11 is 1.79. The molecule has 0 spiro atoms. The van der Waals surface area contributed by atoms with Gasteiger partial charge in [-0.2, -0.15) is 0 Å². The maximum atomic E-state index is 4.47. The molecule has 0 aliphatic rings. The van der Waals surface area contributed by atoms with Gasteiger partial charge in [-0.15, -0.1) is 11.3 Å². The van der Waals surface area contributed by atoms with Crippen LogP contribution in [0.1, 0.15) is 23.2 Å². The molecule has 0 amide bonds. The number of hydrogen-bond donors (Lipinski definition) is 1.